The molecule has 1 aromatic heterocycles. The summed E-state index contributed by atoms with van der Waals surface area (Å²) >= 11 is 0. The normalized spacial score (nSPS) is 15.2. The molecule has 1 aliphatic rings. The fourth-order valence-electron chi connectivity index (χ4n) is 3.84. The van der Waals surface area contributed by atoms with Gasteiger partial charge in [-0.2, -0.15) is 0 Å². The van der Waals surface area contributed by atoms with Crippen LogP contribution in [0.3, 0.4) is 0 Å². The van der Waals surface area contributed by atoms with Crippen LogP contribution in [0, 0.1) is 11.7 Å². The number of nitrogens with zero attached hydrogens (tertiary/aromatic N) is 2. The minimum Gasteiger partial charge on any atom is -0.466 e. The van der Waals surface area contributed by atoms with Crippen molar-refractivity contribution in [2.75, 3.05) is 19.7 Å². The highest BCUT2D eigenvalue weighted by molar-refractivity contribution is 5.91. The van der Waals surface area contributed by atoms with E-state index in [0.29, 0.717) is 57.1 Å². The van der Waals surface area contributed by atoms with Gasteiger partial charge in [-0.1, -0.05) is 12.1 Å². The predicted octanol–water partition coefficient (Wildman–Crippen LogP) is 4.63. The number of carbonyl (C=O) groups is 2. The standard InChI is InChI=1S/C25H33FN2O4/c1-5-31-24(30)19-12-14-27(15-13-19)23(29)22-11-10-21(32-22)17-28(25(2,3)4)16-18-6-8-20(26)9-7-18/h6-11,19H,5,12-17H2,1-4H3. The van der Waals surface area contributed by atoms with E-state index >= 15 is 0 Å². The molecule has 174 valence electrons. The smallest absolute Gasteiger partial charge is 0.309 e. The Labute approximate surface area is 189 Å². The van der Waals surface area contributed by atoms with Crippen LogP contribution in [0.25, 0.3) is 0 Å². The monoisotopic (exact) mass is 444 g/mol. The van der Waals surface area contributed by atoms with Crippen molar-refractivity contribution >= 4 is 11.9 Å². The molecule has 3 rings (SSSR count). The van der Waals surface area contributed by atoms with E-state index in [0.717, 1.165) is 5.56 Å². The molecule has 0 saturated carbocycles. The van der Waals surface area contributed by atoms with Crippen molar-refractivity contribution in [2.24, 2.45) is 5.92 Å². The largest absolute Gasteiger partial charge is 0.466 e. The van der Waals surface area contributed by atoms with Gasteiger partial charge in [0.2, 0.25) is 0 Å². The Bertz CT molecular complexity index is 909. The molecule has 0 radical (unpaired) electrons. The summed E-state index contributed by atoms with van der Waals surface area (Å²) in [7, 11) is 0. The number of halogens is 1. The number of likely N-dealkylation sites (tertiary alicyclic amines) is 1. The van der Waals surface area contributed by atoms with Crippen molar-refractivity contribution in [2.45, 2.75) is 59.2 Å². The lowest BCUT2D eigenvalue weighted by atomic mass is 9.97. The van der Waals surface area contributed by atoms with E-state index in [1.165, 1.54) is 12.1 Å². The Kier molecular flexibility index (Phi) is 7.72. The molecule has 0 atom stereocenters. The molecule has 2 heterocycles. The number of ether oxygens (including phenoxy) is 1. The van der Waals surface area contributed by atoms with Crippen LogP contribution in [0.2, 0.25) is 0 Å². The highest BCUT2D eigenvalue weighted by atomic mass is 19.1. The number of carbonyl (C=O) groups excluding carboxylic acids is 2. The van der Waals surface area contributed by atoms with E-state index in [2.05, 4.69) is 25.7 Å². The first kappa shape index (κ1) is 24.0. The number of piperidine rings is 1. The molecular weight excluding hydrogens is 411 g/mol. The van der Waals surface area contributed by atoms with Gasteiger partial charge in [-0.3, -0.25) is 14.5 Å². The highest BCUT2D eigenvalue weighted by Crippen LogP contribution is 2.24. The van der Waals surface area contributed by atoms with Gasteiger partial charge in [0.05, 0.1) is 19.1 Å². The fraction of sp³-hybridized carbons (Fsp3) is 0.520. The molecule has 7 heteroatoms. The Morgan fingerprint density at radius 2 is 1.75 bits per heavy atom. The zero-order valence-corrected chi connectivity index (χ0v) is 19.4. The van der Waals surface area contributed by atoms with Gasteiger partial charge in [0.1, 0.15) is 11.6 Å². The van der Waals surface area contributed by atoms with E-state index in [1.54, 1.807) is 30.0 Å². The number of hydrogen-bond acceptors (Lipinski definition) is 5. The molecular formula is C25H33FN2O4. The van der Waals surface area contributed by atoms with E-state index < -0.39 is 0 Å². The summed E-state index contributed by atoms with van der Waals surface area (Å²) in [6.07, 6.45) is 1.21. The molecule has 1 amide bonds. The summed E-state index contributed by atoms with van der Waals surface area (Å²) in [5, 5.41) is 0. The lowest BCUT2D eigenvalue weighted by Crippen LogP contribution is -2.40. The molecule has 0 unspecified atom stereocenters. The molecule has 0 aliphatic carbocycles. The van der Waals surface area contributed by atoms with Crippen LogP contribution in [0.15, 0.2) is 40.8 Å². The van der Waals surface area contributed by atoms with Gasteiger partial charge < -0.3 is 14.1 Å². The van der Waals surface area contributed by atoms with Crippen molar-refractivity contribution in [1.29, 1.82) is 0 Å². The van der Waals surface area contributed by atoms with E-state index in [4.69, 9.17) is 9.15 Å². The summed E-state index contributed by atoms with van der Waals surface area (Å²) in [4.78, 5) is 28.8. The van der Waals surface area contributed by atoms with E-state index in [1.807, 2.05) is 6.07 Å². The van der Waals surface area contributed by atoms with Crippen LogP contribution in [0.1, 0.15) is 62.4 Å². The molecule has 0 spiro atoms. The van der Waals surface area contributed by atoms with Crippen LogP contribution in [-0.2, 0) is 22.6 Å². The zero-order chi connectivity index (χ0) is 23.3. The zero-order valence-electron chi connectivity index (χ0n) is 19.4. The Hall–Kier alpha value is -2.67. The molecule has 1 saturated heterocycles. The summed E-state index contributed by atoms with van der Waals surface area (Å²) < 4.78 is 24.2. The molecule has 1 aliphatic heterocycles. The lowest BCUT2D eigenvalue weighted by Gasteiger charge is -2.35. The first-order chi connectivity index (χ1) is 15.2. The van der Waals surface area contributed by atoms with Gasteiger partial charge in [-0.15, -0.1) is 0 Å². The van der Waals surface area contributed by atoms with Gasteiger partial charge in [0, 0.05) is 25.2 Å². The number of furan rings is 1. The third-order valence-electron chi connectivity index (χ3n) is 5.86. The predicted molar refractivity (Wildman–Crippen MR) is 119 cm³/mol. The number of esters is 1. The Balaban J connectivity index is 1.61. The van der Waals surface area contributed by atoms with Gasteiger partial charge in [-0.05, 0) is 70.4 Å². The summed E-state index contributed by atoms with van der Waals surface area (Å²) in [5.74, 6) is 0.286. The first-order valence-electron chi connectivity index (χ1n) is 11.2. The second kappa shape index (κ2) is 10.3. The van der Waals surface area contributed by atoms with Crippen LogP contribution < -0.4 is 0 Å². The lowest BCUT2D eigenvalue weighted by molar-refractivity contribution is -0.149. The van der Waals surface area contributed by atoms with Crippen LogP contribution >= 0.6 is 0 Å². The summed E-state index contributed by atoms with van der Waals surface area (Å²) in [6.45, 7) is 10.7. The van der Waals surface area contributed by atoms with Crippen molar-refractivity contribution < 1.29 is 23.1 Å². The minimum absolute atomic E-state index is 0.141. The molecule has 2 aromatic rings. The van der Waals surface area contributed by atoms with Crippen molar-refractivity contribution in [3.63, 3.8) is 0 Å². The van der Waals surface area contributed by atoms with Gasteiger partial charge >= 0.3 is 5.97 Å². The van der Waals surface area contributed by atoms with Crippen molar-refractivity contribution in [3.05, 3.63) is 59.3 Å². The van der Waals surface area contributed by atoms with Crippen LogP contribution in [0.4, 0.5) is 4.39 Å². The van der Waals surface area contributed by atoms with E-state index in [9.17, 15) is 14.0 Å². The first-order valence-corrected chi connectivity index (χ1v) is 11.2. The fourth-order valence-corrected chi connectivity index (χ4v) is 3.84. The molecule has 6 nitrogen and oxygen atoms in total. The molecule has 32 heavy (non-hydrogen) atoms. The average molecular weight is 445 g/mol. The number of rotatable bonds is 7. The second-order valence-electron chi connectivity index (χ2n) is 9.24. The third kappa shape index (κ3) is 6.19. The van der Waals surface area contributed by atoms with Crippen molar-refractivity contribution in [1.82, 2.24) is 9.80 Å². The Morgan fingerprint density at radius 1 is 1.09 bits per heavy atom. The minimum atomic E-state index is -0.253. The maximum atomic E-state index is 13.2. The number of benzene rings is 1. The van der Waals surface area contributed by atoms with Gasteiger partial charge in [0.25, 0.3) is 5.91 Å². The average Bonchev–Trinajstić information content (AvgIpc) is 3.22. The molecule has 1 aromatic carbocycles. The molecule has 0 N–H and O–H groups in total. The topological polar surface area (TPSA) is 63.0 Å². The van der Waals surface area contributed by atoms with E-state index in [-0.39, 0.29) is 29.2 Å². The number of amides is 1. The Morgan fingerprint density at radius 3 is 2.34 bits per heavy atom. The molecule has 0 bridgehead atoms. The highest BCUT2D eigenvalue weighted by Gasteiger charge is 2.30. The quantitative estimate of drug-likeness (QED) is 0.583. The molecule has 1 fully saturated rings. The summed E-state index contributed by atoms with van der Waals surface area (Å²) in [5.41, 5.74) is 0.856. The van der Waals surface area contributed by atoms with Crippen molar-refractivity contribution in [3.8, 4) is 0 Å². The SMILES string of the molecule is CCOC(=O)C1CCN(C(=O)c2ccc(CN(Cc3ccc(F)cc3)C(C)(C)C)o2)CC1. The number of hydrogen-bond donors (Lipinski definition) is 0. The van der Waals surface area contributed by atoms with Crippen LogP contribution in [0.5, 0.6) is 0 Å². The van der Waals surface area contributed by atoms with Gasteiger partial charge in [0.15, 0.2) is 5.76 Å². The maximum absolute atomic E-state index is 13.2. The second-order valence-corrected chi connectivity index (χ2v) is 9.24. The van der Waals surface area contributed by atoms with Gasteiger partial charge in [-0.25, -0.2) is 4.39 Å². The third-order valence-corrected chi connectivity index (χ3v) is 5.86. The maximum Gasteiger partial charge on any atom is 0.309 e. The summed E-state index contributed by atoms with van der Waals surface area (Å²) in [6, 6.07) is 10.0. The van der Waals surface area contributed by atoms with Crippen LogP contribution in [-0.4, -0.2) is 46.9 Å².